The lowest BCUT2D eigenvalue weighted by Crippen LogP contribution is -2.34. The summed E-state index contributed by atoms with van der Waals surface area (Å²) in [6.45, 7) is 6.59. The predicted octanol–water partition coefficient (Wildman–Crippen LogP) is 1.85. The number of fused-ring (bicyclic) bond motifs is 1. The molecule has 2 heterocycles. The maximum absolute atomic E-state index is 4.43. The molecule has 1 aromatic rings. The van der Waals surface area contributed by atoms with Gasteiger partial charge in [-0.3, -0.25) is 0 Å². The molecule has 1 aromatic heterocycles. The Bertz CT molecular complexity index is 380. The van der Waals surface area contributed by atoms with Crippen molar-refractivity contribution in [1.82, 2.24) is 20.1 Å². The number of hydrogen-bond donors (Lipinski definition) is 1. The summed E-state index contributed by atoms with van der Waals surface area (Å²) in [5.41, 5.74) is 0. The van der Waals surface area contributed by atoms with Gasteiger partial charge in [0.2, 0.25) is 0 Å². The maximum Gasteiger partial charge on any atom is 0.150 e. The van der Waals surface area contributed by atoms with Crippen LogP contribution in [0.3, 0.4) is 0 Å². The van der Waals surface area contributed by atoms with Crippen molar-refractivity contribution < 1.29 is 0 Å². The van der Waals surface area contributed by atoms with Crippen molar-refractivity contribution in [3.63, 3.8) is 0 Å². The molecule has 0 bridgehead atoms. The Balaban J connectivity index is 1.92. The third kappa shape index (κ3) is 1.56. The van der Waals surface area contributed by atoms with Crippen molar-refractivity contribution in [1.29, 1.82) is 0 Å². The molecule has 1 N–H and O–H groups in total. The van der Waals surface area contributed by atoms with Crippen molar-refractivity contribution >= 4 is 0 Å². The Hall–Kier alpha value is -0.900. The molecule has 2 unspecified atom stereocenters. The van der Waals surface area contributed by atoms with Gasteiger partial charge in [0.25, 0.3) is 0 Å². The van der Waals surface area contributed by atoms with E-state index >= 15 is 0 Å². The minimum Gasteiger partial charge on any atom is -0.312 e. The first-order valence-electron chi connectivity index (χ1n) is 6.47. The molecule has 0 aromatic carbocycles. The lowest BCUT2D eigenvalue weighted by atomic mass is 10.1. The zero-order valence-corrected chi connectivity index (χ0v) is 10.1. The molecular weight excluding hydrogens is 200 g/mol. The van der Waals surface area contributed by atoms with Crippen LogP contribution in [-0.2, 0) is 6.54 Å². The Morgan fingerprint density at radius 3 is 2.94 bits per heavy atom. The fourth-order valence-corrected chi connectivity index (χ4v) is 2.73. The molecule has 1 saturated carbocycles. The molecule has 16 heavy (non-hydrogen) atoms. The predicted molar refractivity (Wildman–Crippen MR) is 62.2 cm³/mol. The first kappa shape index (κ1) is 10.3. The average Bonchev–Trinajstić information content (AvgIpc) is 3.07. The van der Waals surface area contributed by atoms with Gasteiger partial charge in [0.1, 0.15) is 11.6 Å². The van der Waals surface area contributed by atoms with E-state index in [2.05, 4.69) is 33.9 Å². The van der Waals surface area contributed by atoms with Gasteiger partial charge in [-0.25, -0.2) is 0 Å². The first-order chi connectivity index (χ1) is 7.81. The van der Waals surface area contributed by atoms with Gasteiger partial charge >= 0.3 is 0 Å². The molecule has 1 fully saturated rings. The number of hydrogen-bond acceptors (Lipinski definition) is 3. The minimum absolute atomic E-state index is 0.404. The van der Waals surface area contributed by atoms with Crippen molar-refractivity contribution in [2.45, 2.75) is 51.6 Å². The Kier molecular flexibility index (Phi) is 2.46. The van der Waals surface area contributed by atoms with Gasteiger partial charge < -0.3 is 9.88 Å². The van der Waals surface area contributed by atoms with Gasteiger partial charge in [0.05, 0.1) is 6.04 Å². The maximum atomic E-state index is 4.43. The van der Waals surface area contributed by atoms with Crippen LogP contribution in [0.5, 0.6) is 0 Å². The molecule has 2 atom stereocenters. The van der Waals surface area contributed by atoms with E-state index in [4.69, 9.17) is 0 Å². The Labute approximate surface area is 96.4 Å². The molecule has 0 amide bonds. The average molecular weight is 220 g/mol. The van der Waals surface area contributed by atoms with Gasteiger partial charge in [-0.1, -0.05) is 13.8 Å². The van der Waals surface area contributed by atoms with Crippen LogP contribution in [0, 0.1) is 5.92 Å². The van der Waals surface area contributed by atoms with E-state index in [1.165, 1.54) is 18.7 Å². The van der Waals surface area contributed by atoms with E-state index < -0.39 is 0 Å². The summed E-state index contributed by atoms with van der Waals surface area (Å²) in [5.74, 6) is 3.83. The molecule has 3 rings (SSSR count). The normalized spacial score (nSPS) is 26.5. The summed E-state index contributed by atoms with van der Waals surface area (Å²) in [7, 11) is 0. The van der Waals surface area contributed by atoms with Crippen LogP contribution in [0.1, 0.15) is 56.7 Å². The molecule has 4 nitrogen and oxygen atoms in total. The van der Waals surface area contributed by atoms with Gasteiger partial charge in [-0.15, -0.1) is 10.2 Å². The molecule has 0 saturated heterocycles. The summed E-state index contributed by atoms with van der Waals surface area (Å²) in [4.78, 5) is 0. The number of nitrogens with zero attached hydrogens (tertiary/aromatic N) is 3. The van der Waals surface area contributed by atoms with Crippen LogP contribution in [0.4, 0.5) is 0 Å². The topological polar surface area (TPSA) is 42.7 Å². The Morgan fingerprint density at radius 2 is 2.25 bits per heavy atom. The van der Waals surface area contributed by atoms with E-state index in [0.29, 0.717) is 12.0 Å². The van der Waals surface area contributed by atoms with Gasteiger partial charge in [0, 0.05) is 19.0 Å². The second-order valence-electron chi connectivity index (χ2n) is 5.11. The van der Waals surface area contributed by atoms with E-state index in [0.717, 1.165) is 31.3 Å². The highest BCUT2D eigenvalue weighted by Gasteiger charge is 2.34. The van der Waals surface area contributed by atoms with Crippen LogP contribution in [0.2, 0.25) is 0 Å². The van der Waals surface area contributed by atoms with Crippen LogP contribution >= 0.6 is 0 Å². The monoisotopic (exact) mass is 220 g/mol. The van der Waals surface area contributed by atoms with Crippen molar-refractivity contribution in [3.05, 3.63) is 11.6 Å². The summed E-state index contributed by atoms with van der Waals surface area (Å²) in [6, 6.07) is 0.404. The highest BCUT2D eigenvalue weighted by Crippen LogP contribution is 2.42. The molecule has 1 aliphatic heterocycles. The SMILES string of the molecule is CCC1NCCn2c1nnc2C(C)C1CC1. The zero-order valence-electron chi connectivity index (χ0n) is 10.1. The zero-order chi connectivity index (χ0) is 11.1. The van der Waals surface area contributed by atoms with Crippen molar-refractivity contribution in [3.8, 4) is 0 Å². The fourth-order valence-electron chi connectivity index (χ4n) is 2.73. The van der Waals surface area contributed by atoms with Crippen molar-refractivity contribution in [2.24, 2.45) is 5.92 Å². The highest BCUT2D eigenvalue weighted by molar-refractivity contribution is 5.10. The molecule has 0 spiro atoms. The van der Waals surface area contributed by atoms with Crippen LogP contribution in [-0.4, -0.2) is 21.3 Å². The van der Waals surface area contributed by atoms with Crippen LogP contribution in [0.25, 0.3) is 0 Å². The number of nitrogens with one attached hydrogen (secondary N) is 1. The molecule has 2 aliphatic rings. The van der Waals surface area contributed by atoms with Gasteiger partial charge in [0.15, 0.2) is 0 Å². The van der Waals surface area contributed by atoms with Crippen molar-refractivity contribution in [2.75, 3.05) is 6.54 Å². The summed E-state index contributed by atoms with van der Waals surface area (Å²) in [5, 5.41) is 12.3. The molecule has 88 valence electrons. The minimum atomic E-state index is 0.404. The van der Waals surface area contributed by atoms with Crippen LogP contribution in [0.15, 0.2) is 0 Å². The highest BCUT2D eigenvalue weighted by atomic mass is 15.3. The third-order valence-electron chi connectivity index (χ3n) is 3.99. The smallest absolute Gasteiger partial charge is 0.150 e. The van der Waals surface area contributed by atoms with E-state index in [-0.39, 0.29) is 0 Å². The molecule has 1 aliphatic carbocycles. The van der Waals surface area contributed by atoms with E-state index in [9.17, 15) is 0 Å². The van der Waals surface area contributed by atoms with E-state index in [1.54, 1.807) is 0 Å². The Morgan fingerprint density at radius 1 is 1.44 bits per heavy atom. The molecule has 4 heteroatoms. The third-order valence-corrected chi connectivity index (χ3v) is 3.99. The number of rotatable bonds is 3. The quantitative estimate of drug-likeness (QED) is 0.845. The largest absolute Gasteiger partial charge is 0.312 e. The standard InChI is InChI=1S/C12H20N4/c1-3-10-12-15-14-11(8(2)9-4-5-9)16(12)7-6-13-10/h8-10,13H,3-7H2,1-2H3. The lowest BCUT2D eigenvalue weighted by molar-refractivity contribution is 0.393. The lowest BCUT2D eigenvalue weighted by Gasteiger charge is -2.25. The molecular formula is C12H20N4. The van der Waals surface area contributed by atoms with E-state index in [1.807, 2.05) is 0 Å². The summed E-state index contributed by atoms with van der Waals surface area (Å²) >= 11 is 0. The summed E-state index contributed by atoms with van der Waals surface area (Å²) < 4.78 is 2.35. The number of aromatic nitrogens is 3. The van der Waals surface area contributed by atoms with Gasteiger partial charge in [-0.05, 0) is 25.2 Å². The summed E-state index contributed by atoms with van der Waals surface area (Å²) in [6.07, 6.45) is 3.84. The van der Waals surface area contributed by atoms with Crippen LogP contribution < -0.4 is 5.32 Å². The van der Waals surface area contributed by atoms with Gasteiger partial charge in [-0.2, -0.15) is 0 Å². The second-order valence-corrected chi connectivity index (χ2v) is 5.11. The molecule has 0 radical (unpaired) electrons. The fraction of sp³-hybridized carbons (Fsp3) is 0.833. The second kappa shape index (κ2) is 3.84. The first-order valence-corrected chi connectivity index (χ1v) is 6.47.